The minimum atomic E-state index is -0.551. The van der Waals surface area contributed by atoms with E-state index in [1.54, 1.807) is 0 Å². The van der Waals surface area contributed by atoms with Gasteiger partial charge in [0.1, 0.15) is 5.76 Å². The monoisotopic (exact) mass is 447 g/mol. The average molecular weight is 448 g/mol. The Morgan fingerprint density at radius 2 is 1.85 bits per heavy atom. The highest BCUT2D eigenvalue weighted by atomic mass is 16.3. The molecule has 0 saturated heterocycles. The van der Waals surface area contributed by atoms with Crippen LogP contribution in [0.2, 0.25) is 0 Å². The van der Waals surface area contributed by atoms with Crippen molar-refractivity contribution in [3.63, 3.8) is 0 Å². The van der Waals surface area contributed by atoms with Gasteiger partial charge in [-0.3, -0.25) is 9.59 Å². The van der Waals surface area contributed by atoms with Gasteiger partial charge in [0.15, 0.2) is 0 Å². The molecule has 0 heterocycles. The van der Waals surface area contributed by atoms with Gasteiger partial charge in [-0.25, -0.2) is 0 Å². The van der Waals surface area contributed by atoms with Crippen LogP contribution in [0.25, 0.3) is 0 Å². The maximum atomic E-state index is 13.0. The van der Waals surface area contributed by atoms with Crippen molar-refractivity contribution < 1.29 is 14.7 Å². The van der Waals surface area contributed by atoms with E-state index in [-0.39, 0.29) is 22.2 Å². The van der Waals surface area contributed by atoms with Crippen LogP contribution in [0.5, 0.6) is 0 Å². The molecule has 4 rings (SSSR count). The molecule has 33 heavy (non-hydrogen) atoms. The number of hydrogen-bond acceptors (Lipinski definition) is 4. The number of benzene rings is 1. The van der Waals surface area contributed by atoms with Gasteiger partial charge in [0.25, 0.3) is 0 Å². The zero-order chi connectivity index (χ0) is 23.8. The van der Waals surface area contributed by atoms with Crippen LogP contribution >= 0.6 is 0 Å². The summed E-state index contributed by atoms with van der Waals surface area (Å²) in [6, 6.07) is 10.1. The molecule has 1 aromatic carbocycles. The van der Waals surface area contributed by atoms with E-state index in [9.17, 15) is 14.7 Å². The third-order valence-corrected chi connectivity index (χ3v) is 9.04. The summed E-state index contributed by atoms with van der Waals surface area (Å²) in [6.07, 6.45) is 9.22. The van der Waals surface area contributed by atoms with E-state index in [4.69, 9.17) is 0 Å². The van der Waals surface area contributed by atoms with E-state index < -0.39 is 11.6 Å². The first-order chi connectivity index (χ1) is 15.7. The Morgan fingerprint density at radius 3 is 2.58 bits per heavy atom. The van der Waals surface area contributed by atoms with Gasteiger partial charge in [-0.2, -0.15) is 0 Å². The molecule has 3 aliphatic rings. The minimum Gasteiger partial charge on any atom is -0.505 e. The smallest absolute Gasteiger partial charge is 0.232 e. The Bertz CT molecular complexity index is 1030. The molecule has 1 aromatic rings. The molecule has 0 aliphatic heterocycles. The summed E-state index contributed by atoms with van der Waals surface area (Å²) in [5, 5.41) is 14.3. The molecule has 1 fully saturated rings. The SMILES string of the molecule is CC1=CCC[C@H]2[C@](C)(CC3=C(O)C(NCCc4ccccc4)=CC(=O)C3=O)[C@@H](C)CC[C@]12C. The minimum absolute atomic E-state index is 0.0450. The van der Waals surface area contributed by atoms with Crippen molar-refractivity contribution >= 4 is 11.6 Å². The molecule has 0 spiro atoms. The molecular formula is C29H37NO3. The molecule has 0 unspecified atom stereocenters. The van der Waals surface area contributed by atoms with Gasteiger partial charge >= 0.3 is 0 Å². The Hall–Kier alpha value is -2.62. The van der Waals surface area contributed by atoms with Gasteiger partial charge in [-0.15, -0.1) is 0 Å². The van der Waals surface area contributed by atoms with Gasteiger partial charge < -0.3 is 10.4 Å². The summed E-state index contributed by atoms with van der Waals surface area (Å²) in [4.78, 5) is 25.6. The average Bonchev–Trinajstić information content (AvgIpc) is 2.80. The second kappa shape index (κ2) is 8.96. The number of nitrogens with one attached hydrogen (secondary N) is 1. The number of Topliss-reactive ketones (excluding diaryl/α,β-unsaturated/α-hetero) is 1. The van der Waals surface area contributed by atoms with Gasteiger partial charge in [0.2, 0.25) is 11.6 Å². The first kappa shape index (κ1) is 23.5. The Kier molecular flexibility index (Phi) is 6.39. The van der Waals surface area contributed by atoms with Gasteiger partial charge in [0.05, 0.1) is 5.70 Å². The fourth-order valence-electron chi connectivity index (χ4n) is 6.56. The van der Waals surface area contributed by atoms with Crippen molar-refractivity contribution in [2.75, 3.05) is 6.54 Å². The number of carbonyl (C=O) groups is 2. The molecule has 3 aliphatic carbocycles. The van der Waals surface area contributed by atoms with Crippen molar-refractivity contribution in [2.24, 2.45) is 22.7 Å². The predicted molar refractivity (Wildman–Crippen MR) is 132 cm³/mol. The molecule has 4 nitrogen and oxygen atoms in total. The lowest BCUT2D eigenvalue weighted by Crippen LogP contribution is -2.50. The van der Waals surface area contributed by atoms with E-state index in [0.717, 1.165) is 32.1 Å². The normalized spacial score (nSPS) is 32.2. The number of carbonyl (C=O) groups excluding carboxylic acids is 2. The van der Waals surface area contributed by atoms with Crippen molar-refractivity contribution in [1.82, 2.24) is 5.32 Å². The van der Waals surface area contributed by atoms with Crippen LogP contribution in [0.15, 0.2) is 65.1 Å². The number of rotatable bonds is 6. The topological polar surface area (TPSA) is 66.4 Å². The quantitative estimate of drug-likeness (QED) is 0.326. The summed E-state index contributed by atoms with van der Waals surface area (Å²) in [5.74, 6) is -0.312. The zero-order valence-corrected chi connectivity index (χ0v) is 20.4. The molecule has 0 aromatic heterocycles. The molecule has 0 bridgehead atoms. The largest absolute Gasteiger partial charge is 0.505 e. The van der Waals surface area contributed by atoms with Crippen LogP contribution in [0.1, 0.15) is 65.4 Å². The maximum absolute atomic E-state index is 13.0. The first-order valence-corrected chi connectivity index (χ1v) is 12.3. The summed E-state index contributed by atoms with van der Waals surface area (Å²) < 4.78 is 0. The molecule has 4 heteroatoms. The van der Waals surface area contributed by atoms with Crippen molar-refractivity contribution in [2.45, 2.75) is 66.2 Å². The Morgan fingerprint density at radius 1 is 1.12 bits per heavy atom. The van der Waals surface area contributed by atoms with E-state index in [0.29, 0.717) is 30.5 Å². The number of aliphatic hydroxyl groups excluding tert-OH is 1. The van der Waals surface area contributed by atoms with E-state index in [1.807, 2.05) is 18.2 Å². The summed E-state index contributed by atoms with van der Waals surface area (Å²) in [7, 11) is 0. The lowest BCUT2D eigenvalue weighted by Gasteiger charge is -2.58. The van der Waals surface area contributed by atoms with Crippen LogP contribution in [0, 0.1) is 22.7 Å². The molecule has 0 radical (unpaired) electrons. The standard InChI is InChI=1S/C29H37NO3/c1-19-9-8-12-25-28(19,3)15-13-20(2)29(25,4)18-22-26(32)23(17-24(31)27(22)33)30-16-14-21-10-6-5-7-11-21/h5-7,9-11,17,20,25,30,32H,8,12-16,18H2,1-4H3/t20-,25+,28+,29+/m0/s1. The molecule has 176 valence electrons. The highest BCUT2D eigenvalue weighted by Crippen LogP contribution is 2.62. The molecule has 4 atom stereocenters. The van der Waals surface area contributed by atoms with Crippen LogP contribution < -0.4 is 5.32 Å². The highest BCUT2D eigenvalue weighted by molar-refractivity contribution is 6.48. The molecule has 1 saturated carbocycles. The van der Waals surface area contributed by atoms with Crippen LogP contribution in [0.3, 0.4) is 0 Å². The van der Waals surface area contributed by atoms with Crippen LogP contribution in [0.4, 0.5) is 0 Å². The molecule has 0 amide bonds. The van der Waals surface area contributed by atoms with Crippen molar-refractivity contribution in [3.05, 3.63) is 70.6 Å². The van der Waals surface area contributed by atoms with Crippen molar-refractivity contribution in [1.29, 1.82) is 0 Å². The Balaban J connectivity index is 1.59. The number of fused-ring (bicyclic) bond motifs is 1. The number of aliphatic hydroxyl groups is 1. The summed E-state index contributed by atoms with van der Waals surface area (Å²) in [6.45, 7) is 9.73. The zero-order valence-electron chi connectivity index (χ0n) is 20.4. The predicted octanol–water partition coefficient (Wildman–Crippen LogP) is 5.86. The van der Waals surface area contributed by atoms with E-state index in [2.05, 4.69) is 51.2 Å². The van der Waals surface area contributed by atoms with Gasteiger partial charge in [-0.1, -0.05) is 62.8 Å². The van der Waals surface area contributed by atoms with Gasteiger partial charge in [-0.05, 0) is 73.7 Å². The second-order valence-electron chi connectivity index (χ2n) is 10.8. The van der Waals surface area contributed by atoms with Crippen LogP contribution in [-0.2, 0) is 16.0 Å². The first-order valence-electron chi connectivity index (χ1n) is 12.3. The third-order valence-electron chi connectivity index (χ3n) is 9.04. The van der Waals surface area contributed by atoms with E-state index >= 15 is 0 Å². The van der Waals surface area contributed by atoms with Gasteiger partial charge in [0, 0.05) is 18.2 Å². The summed E-state index contributed by atoms with van der Waals surface area (Å²) >= 11 is 0. The second-order valence-corrected chi connectivity index (χ2v) is 10.8. The Labute approximate surface area is 197 Å². The number of allylic oxidation sites excluding steroid dienone is 4. The van der Waals surface area contributed by atoms with Crippen LogP contribution in [-0.4, -0.2) is 23.2 Å². The molecular weight excluding hydrogens is 410 g/mol. The number of ketones is 2. The van der Waals surface area contributed by atoms with E-state index in [1.165, 1.54) is 17.2 Å². The lowest BCUT2D eigenvalue weighted by atomic mass is 9.46. The number of hydrogen-bond donors (Lipinski definition) is 2. The third kappa shape index (κ3) is 4.20. The fourth-order valence-corrected chi connectivity index (χ4v) is 6.56. The fraction of sp³-hybridized carbons (Fsp3) is 0.517. The molecule has 2 N–H and O–H groups in total. The lowest BCUT2D eigenvalue weighted by molar-refractivity contribution is -0.132. The highest BCUT2D eigenvalue weighted by Gasteiger charge is 2.54. The van der Waals surface area contributed by atoms with Crippen molar-refractivity contribution in [3.8, 4) is 0 Å². The summed E-state index contributed by atoms with van der Waals surface area (Å²) in [5.41, 5.74) is 3.24. The maximum Gasteiger partial charge on any atom is 0.232 e.